The molecular weight excluding hydrogens is 221 g/mol. The number of rotatable bonds is 0. The zero-order valence-electron chi connectivity index (χ0n) is 9.61. The van der Waals surface area contributed by atoms with Crippen LogP contribution in [-0.2, 0) is 4.79 Å². The van der Waals surface area contributed by atoms with E-state index in [0.29, 0.717) is 24.5 Å². The summed E-state index contributed by atoms with van der Waals surface area (Å²) in [5.41, 5.74) is 1.22. The molecule has 3 rings (SSSR count). The van der Waals surface area contributed by atoms with Gasteiger partial charge in [-0.2, -0.15) is 0 Å². The molecule has 0 radical (unpaired) electrons. The van der Waals surface area contributed by atoms with Crippen molar-refractivity contribution < 1.29 is 9.18 Å². The first-order valence-electron chi connectivity index (χ1n) is 5.73. The average Bonchev–Trinajstić information content (AvgIpc) is 2.36. The van der Waals surface area contributed by atoms with Crippen molar-refractivity contribution in [3.63, 3.8) is 0 Å². The van der Waals surface area contributed by atoms with Crippen LogP contribution in [0.15, 0.2) is 18.2 Å². The van der Waals surface area contributed by atoms with Gasteiger partial charge in [0.05, 0.1) is 11.4 Å². The third kappa shape index (κ3) is 1.42. The Kier molecular flexibility index (Phi) is 2.29. The van der Waals surface area contributed by atoms with E-state index in [1.807, 2.05) is 4.90 Å². The van der Waals surface area contributed by atoms with E-state index in [4.69, 9.17) is 0 Å². The van der Waals surface area contributed by atoms with Crippen molar-refractivity contribution in [2.75, 3.05) is 36.5 Å². The Labute approximate surface area is 99.0 Å². The molecular formula is C12H14FN3O. The second-order valence-electron chi connectivity index (χ2n) is 4.42. The number of fused-ring (bicyclic) bond motifs is 3. The van der Waals surface area contributed by atoms with Crippen LogP contribution < -0.4 is 15.1 Å². The van der Waals surface area contributed by atoms with E-state index < -0.39 is 0 Å². The van der Waals surface area contributed by atoms with Crippen LogP contribution in [0, 0.1) is 5.82 Å². The zero-order valence-corrected chi connectivity index (χ0v) is 9.61. The fourth-order valence-electron chi connectivity index (χ4n) is 2.59. The van der Waals surface area contributed by atoms with Gasteiger partial charge in [-0.05, 0) is 12.1 Å². The average molecular weight is 235 g/mol. The van der Waals surface area contributed by atoms with E-state index >= 15 is 0 Å². The van der Waals surface area contributed by atoms with Crippen LogP contribution in [-0.4, -0.2) is 38.6 Å². The van der Waals surface area contributed by atoms with Gasteiger partial charge in [0.25, 0.3) is 5.91 Å². The highest BCUT2D eigenvalue weighted by atomic mass is 19.1. The molecule has 1 fully saturated rings. The third-order valence-electron chi connectivity index (χ3n) is 3.47. The molecule has 2 aliphatic heterocycles. The summed E-state index contributed by atoms with van der Waals surface area (Å²) in [6, 6.07) is 4.59. The molecule has 4 nitrogen and oxygen atoms in total. The number of carbonyl (C=O) groups excluding carboxylic acids is 1. The van der Waals surface area contributed by atoms with Gasteiger partial charge >= 0.3 is 0 Å². The number of piperazine rings is 1. The Hall–Kier alpha value is -1.62. The molecule has 0 spiro atoms. The van der Waals surface area contributed by atoms with Gasteiger partial charge in [0.2, 0.25) is 0 Å². The van der Waals surface area contributed by atoms with Crippen LogP contribution in [0.25, 0.3) is 0 Å². The maximum atomic E-state index is 13.9. The maximum absolute atomic E-state index is 13.9. The van der Waals surface area contributed by atoms with Crippen LogP contribution in [0.3, 0.4) is 0 Å². The molecule has 1 aromatic rings. The van der Waals surface area contributed by atoms with Crippen LogP contribution in [0.4, 0.5) is 15.8 Å². The van der Waals surface area contributed by atoms with Crippen molar-refractivity contribution in [2.45, 2.75) is 6.04 Å². The van der Waals surface area contributed by atoms with Gasteiger partial charge in [-0.15, -0.1) is 0 Å². The predicted molar refractivity (Wildman–Crippen MR) is 63.8 cm³/mol. The number of benzene rings is 1. The minimum atomic E-state index is -0.279. The Morgan fingerprint density at radius 2 is 2.29 bits per heavy atom. The number of likely N-dealkylation sites (N-methyl/N-ethyl adjacent to an activating group) is 1. The second kappa shape index (κ2) is 3.70. The first-order chi connectivity index (χ1) is 8.20. The van der Waals surface area contributed by atoms with Gasteiger partial charge in [0, 0.05) is 26.7 Å². The molecule has 2 aliphatic rings. The molecule has 1 saturated heterocycles. The lowest BCUT2D eigenvalue weighted by atomic mass is 10.0. The van der Waals surface area contributed by atoms with Crippen molar-refractivity contribution in [3.05, 3.63) is 24.0 Å². The Bertz CT molecular complexity index is 477. The standard InChI is InChI=1S/C12H14FN3O/c1-15-9-4-2-3-8(13)11(9)16-6-5-14-7-10(16)12(15)17/h2-4,10,14H,5-7H2,1H3. The summed E-state index contributed by atoms with van der Waals surface area (Å²) in [5.74, 6) is -0.232. The van der Waals surface area contributed by atoms with E-state index in [0.717, 1.165) is 6.54 Å². The summed E-state index contributed by atoms with van der Waals surface area (Å²) in [6.07, 6.45) is 0. The number of hydrogen-bond acceptors (Lipinski definition) is 3. The van der Waals surface area contributed by atoms with Gasteiger partial charge < -0.3 is 15.1 Å². The lowest BCUT2D eigenvalue weighted by molar-refractivity contribution is -0.120. The maximum Gasteiger partial charge on any atom is 0.250 e. The molecule has 2 heterocycles. The van der Waals surface area contributed by atoms with Crippen molar-refractivity contribution in [1.82, 2.24) is 5.32 Å². The van der Waals surface area contributed by atoms with Gasteiger partial charge in [0.1, 0.15) is 11.9 Å². The smallest absolute Gasteiger partial charge is 0.250 e. The molecule has 0 saturated carbocycles. The highest BCUT2D eigenvalue weighted by Crippen LogP contribution is 2.37. The van der Waals surface area contributed by atoms with E-state index in [9.17, 15) is 9.18 Å². The predicted octanol–water partition coefficient (Wildman–Crippen LogP) is 0.580. The number of para-hydroxylation sites is 1. The van der Waals surface area contributed by atoms with Crippen molar-refractivity contribution in [1.29, 1.82) is 0 Å². The molecule has 17 heavy (non-hydrogen) atoms. The van der Waals surface area contributed by atoms with Gasteiger partial charge in [-0.3, -0.25) is 4.79 Å². The number of nitrogens with zero attached hydrogens (tertiary/aromatic N) is 2. The van der Waals surface area contributed by atoms with Crippen molar-refractivity contribution in [2.24, 2.45) is 0 Å². The summed E-state index contributed by atoms with van der Waals surface area (Å²) in [6.45, 7) is 2.02. The summed E-state index contributed by atoms with van der Waals surface area (Å²) in [4.78, 5) is 15.6. The minimum absolute atomic E-state index is 0.0234. The van der Waals surface area contributed by atoms with E-state index in [1.54, 1.807) is 24.1 Å². The number of nitrogens with one attached hydrogen (secondary N) is 1. The minimum Gasteiger partial charge on any atom is -0.353 e. The van der Waals surface area contributed by atoms with Crippen LogP contribution >= 0.6 is 0 Å². The summed E-state index contributed by atoms with van der Waals surface area (Å²) in [7, 11) is 1.70. The molecule has 1 atom stereocenters. The first kappa shape index (κ1) is 10.5. The summed E-state index contributed by atoms with van der Waals surface area (Å²) < 4.78 is 13.9. The van der Waals surface area contributed by atoms with E-state index in [2.05, 4.69) is 5.32 Å². The molecule has 1 N–H and O–H groups in total. The van der Waals surface area contributed by atoms with Crippen LogP contribution in [0.1, 0.15) is 0 Å². The summed E-state index contributed by atoms with van der Waals surface area (Å²) >= 11 is 0. The van der Waals surface area contributed by atoms with Gasteiger partial charge in [0.15, 0.2) is 0 Å². The number of hydrogen-bond donors (Lipinski definition) is 1. The fourth-order valence-corrected chi connectivity index (χ4v) is 2.59. The number of anilines is 2. The van der Waals surface area contributed by atoms with Crippen molar-refractivity contribution >= 4 is 17.3 Å². The lowest BCUT2D eigenvalue weighted by Crippen LogP contribution is -2.61. The SMILES string of the molecule is CN1C(=O)C2CNCCN2c2c(F)cccc21. The number of halogens is 1. The second-order valence-corrected chi connectivity index (χ2v) is 4.42. The van der Waals surface area contributed by atoms with E-state index in [-0.39, 0.29) is 17.8 Å². The quantitative estimate of drug-likeness (QED) is 0.714. The molecule has 90 valence electrons. The molecule has 1 aromatic carbocycles. The topological polar surface area (TPSA) is 35.6 Å². The molecule has 0 aromatic heterocycles. The zero-order chi connectivity index (χ0) is 12.0. The molecule has 0 bridgehead atoms. The lowest BCUT2D eigenvalue weighted by Gasteiger charge is -2.44. The number of carbonyl (C=O) groups is 1. The highest BCUT2D eigenvalue weighted by Gasteiger charge is 2.39. The Morgan fingerprint density at radius 1 is 1.47 bits per heavy atom. The molecule has 5 heteroatoms. The third-order valence-corrected chi connectivity index (χ3v) is 3.47. The normalized spacial score (nSPS) is 23.4. The monoisotopic (exact) mass is 235 g/mol. The van der Waals surface area contributed by atoms with Crippen LogP contribution in [0.2, 0.25) is 0 Å². The van der Waals surface area contributed by atoms with E-state index in [1.165, 1.54) is 6.07 Å². The number of amides is 1. The fraction of sp³-hybridized carbons (Fsp3) is 0.417. The van der Waals surface area contributed by atoms with Gasteiger partial charge in [-0.1, -0.05) is 6.07 Å². The first-order valence-corrected chi connectivity index (χ1v) is 5.73. The summed E-state index contributed by atoms with van der Waals surface area (Å²) in [5, 5.41) is 3.17. The largest absolute Gasteiger partial charge is 0.353 e. The Morgan fingerprint density at radius 3 is 3.12 bits per heavy atom. The van der Waals surface area contributed by atoms with Crippen molar-refractivity contribution in [3.8, 4) is 0 Å². The molecule has 1 amide bonds. The van der Waals surface area contributed by atoms with Gasteiger partial charge in [-0.25, -0.2) is 4.39 Å². The highest BCUT2D eigenvalue weighted by molar-refractivity contribution is 6.05. The van der Waals surface area contributed by atoms with Crippen LogP contribution in [0.5, 0.6) is 0 Å². The molecule has 1 unspecified atom stereocenters. The molecule has 0 aliphatic carbocycles. The Balaban J connectivity index is 2.16.